The molecule has 0 saturated carbocycles. The summed E-state index contributed by atoms with van der Waals surface area (Å²) in [6, 6.07) is 14.7. The van der Waals surface area contributed by atoms with E-state index in [2.05, 4.69) is 6.58 Å². The van der Waals surface area contributed by atoms with E-state index in [1.807, 2.05) is 36.1 Å². The molecule has 1 amide bonds. The molecule has 0 aliphatic carbocycles. The zero-order chi connectivity index (χ0) is 18.9. The van der Waals surface area contributed by atoms with E-state index in [4.69, 9.17) is 0 Å². The second kappa shape index (κ2) is 6.96. The van der Waals surface area contributed by atoms with Crippen LogP contribution < -0.4 is 9.21 Å². The van der Waals surface area contributed by atoms with Crippen molar-refractivity contribution in [3.05, 3.63) is 72.3 Å². The topological polar surface area (TPSA) is 57.7 Å². The predicted octanol–water partition coefficient (Wildman–Crippen LogP) is 3.23. The van der Waals surface area contributed by atoms with Gasteiger partial charge in [-0.15, -0.1) is 6.58 Å². The predicted molar refractivity (Wildman–Crippen MR) is 105 cm³/mol. The Morgan fingerprint density at radius 1 is 1.23 bits per heavy atom. The van der Waals surface area contributed by atoms with Crippen LogP contribution in [-0.2, 0) is 16.4 Å². The Hall–Kier alpha value is -2.60. The summed E-state index contributed by atoms with van der Waals surface area (Å²) in [5.41, 5.74) is 3.15. The maximum Gasteiger partial charge on any atom is 0.258 e. The van der Waals surface area contributed by atoms with Crippen LogP contribution in [0.3, 0.4) is 0 Å². The van der Waals surface area contributed by atoms with Gasteiger partial charge in [0.1, 0.15) is 0 Å². The molecule has 2 aromatic rings. The number of carbonyl (C=O) groups is 1. The molecule has 0 radical (unpaired) electrons. The molecule has 3 rings (SSSR count). The number of benzene rings is 2. The third kappa shape index (κ3) is 3.37. The molecule has 0 spiro atoms. The molecule has 1 atom stereocenters. The van der Waals surface area contributed by atoms with Crippen LogP contribution in [0.2, 0.25) is 0 Å². The first-order valence-corrected chi connectivity index (χ1v) is 10.3. The van der Waals surface area contributed by atoms with Crippen molar-refractivity contribution in [2.24, 2.45) is 0 Å². The van der Waals surface area contributed by atoms with Crippen LogP contribution in [0.4, 0.5) is 11.4 Å². The lowest BCUT2D eigenvalue weighted by Crippen LogP contribution is -2.35. The number of nitrogens with zero attached hydrogens (tertiary/aromatic N) is 2. The van der Waals surface area contributed by atoms with Crippen molar-refractivity contribution < 1.29 is 13.2 Å². The molecule has 26 heavy (non-hydrogen) atoms. The van der Waals surface area contributed by atoms with Gasteiger partial charge in [0.25, 0.3) is 5.91 Å². The monoisotopic (exact) mass is 370 g/mol. The molecule has 0 unspecified atom stereocenters. The number of sulfonamides is 1. The van der Waals surface area contributed by atoms with Crippen molar-refractivity contribution in [3.8, 4) is 0 Å². The number of para-hydroxylation sites is 1. The second-order valence-corrected chi connectivity index (χ2v) is 8.39. The van der Waals surface area contributed by atoms with Gasteiger partial charge in [-0.25, -0.2) is 8.42 Å². The number of hydrogen-bond acceptors (Lipinski definition) is 3. The van der Waals surface area contributed by atoms with Gasteiger partial charge in [0.05, 0.1) is 18.5 Å². The largest absolute Gasteiger partial charge is 0.305 e. The highest BCUT2D eigenvalue weighted by Crippen LogP contribution is 2.33. The molecule has 2 aromatic carbocycles. The molecule has 136 valence electrons. The fraction of sp³-hybridized carbons (Fsp3) is 0.250. The Morgan fingerprint density at radius 2 is 1.88 bits per heavy atom. The molecular weight excluding hydrogens is 348 g/mol. The van der Waals surface area contributed by atoms with Gasteiger partial charge in [-0.3, -0.25) is 9.10 Å². The Bertz CT molecular complexity index is 936. The molecule has 0 bridgehead atoms. The van der Waals surface area contributed by atoms with Crippen LogP contribution in [0.5, 0.6) is 0 Å². The minimum atomic E-state index is -3.41. The highest BCUT2D eigenvalue weighted by Gasteiger charge is 2.31. The first-order chi connectivity index (χ1) is 12.3. The minimum absolute atomic E-state index is 0.0800. The number of amides is 1. The number of anilines is 2. The Balaban J connectivity index is 1.89. The van der Waals surface area contributed by atoms with E-state index in [0.29, 0.717) is 11.3 Å². The Morgan fingerprint density at radius 3 is 2.50 bits per heavy atom. The van der Waals surface area contributed by atoms with Crippen molar-refractivity contribution in [1.29, 1.82) is 0 Å². The summed E-state index contributed by atoms with van der Waals surface area (Å²) in [5, 5.41) is 0. The summed E-state index contributed by atoms with van der Waals surface area (Å²) in [7, 11) is -3.41. The van der Waals surface area contributed by atoms with Crippen LogP contribution in [0.15, 0.2) is 61.2 Å². The molecule has 1 aliphatic heterocycles. The fourth-order valence-electron chi connectivity index (χ4n) is 3.33. The highest BCUT2D eigenvalue weighted by molar-refractivity contribution is 7.92. The van der Waals surface area contributed by atoms with Crippen molar-refractivity contribution in [2.45, 2.75) is 19.4 Å². The number of carbonyl (C=O) groups excluding carboxylic acids is 1. The van der Waals surface area contributed by atoms with E-state index in [0.717, 1.165) is 18.4 Å². The molecule has 1 aliphatic rings. The van der Waals surface area contributed by atoms with Crippen LogP contribution in [0.25, 0.3) is 0 Å². The number of hydrogen-bond donors (Lipinski definition) is 0. The number of fused-ring (bicyclic) bond motifs is 1. The van der Waals surface area contributed by atoms with E-state index in [1.165, 1.54) is 15.9 Å². The summed E-state index contributed by atoms with van der Waals surface area (Å²) >= 11 is 0. The van der Waals surface area contributed by atoms with Crippen LogP contribution in [-0.4, -0.2) is 33.2 Å². The Labute approximate surface area is 154 Å². The summed E-state index contributed by atoms with van der Waals surface area (Å²) in [4.78, 5) is 14.8. The standard InChI is InChI=1S/C20H22N2O3S/c1-4-13-21(26(3,24)25)18-11-9-16(10-12-18)20(23)22-15(2)14-17-7-5-6-8-19(17)22/h4-12,15H,1,13-14H2,2-3H3/t15-/m0/s1. The van der Waals surface area contributed by atoms with Crippen LogP contribution >= 0.6 is 0 Å². The number of rotatable bonds is 5. The lowest BCUT2D eigenvalue weighted by Gasteiger charge is -2.24. The molecule has 6 heteroatoms. The molecule has 0 N–H and O–H groups in total. The van der Waals surface area contributed by atoms with Crippen molar-refractivity contribution >= 4 is 27.3 Å². The summed E-state index contributed by atoms with van der Waals surface area (Å²) < 4.78 is 25.1. The van der Waals surface area contributed by atoms with Gasteiger partial charge in [-0.05, 0) is 49.2 Å². The van der Waals surface area contributed by atoms with Gasteiger partial charge < -0.3 is 4.90 Å². The molecule has 5 nitrogen and oxygen atoms in total. The van der Waals surface area contributed by atoms with E-state index >= 15 is 0 Å². The second-order valence-electron chi connectivity index (χ2n) is 6.49. The average molecular weight is 370 g/mol. The van der Waals surface area contributed by atoms with Gasteiger partial charge in [-0.2, -0.15) is 0 Å². The van der Waals surface area contributed by atoms with Crippen LogP contribution in [0, 0.1) is 0 Å². The zero-order valence-corrected chi connectivity index (χ0v) is 15.7. The quantitative estimate of drug-likeness (QED) is 0.759. The van der Waals surface area contributed by atoms with Crippen molar-refractivity contribution in [1.82, 2.24) is 0 Å². The third-order valence-electron chi connectivity index (χ3n) is 4.52. The normalized spacial score (nSPS) is 16.2. The third-order valence-corrected chi connectivity index (χ3v) is 5.68. The Kier molecular flexibility index (Phi) is 4.87. The van der Waals surface area contributed by atoms with Gasteiger partial charge >= 0.3 is 0 Å². The molecule has 1 heterocycles. The lowest BCUT2D eigenvalue weighted by molar-refractivity contribution is 0.0981. The summed E-state index contributed by atoms with van der Waals surface area (Å²) in [6.45, 7) is 5.81. The molecule has 0 aromatic heterocycles. The first-order valence-electron chi connectivity index (χ1n) is 8.43. The van der Waals surface area contributed by atoms with Gasteiger partial charge in [0.15, 0.2) is 0 Å². The van der Waals surface area contributed by atoms with E-state index < -0.39 is 10.0 Å². The van der Waals surface area contributed by atoms with E-state index in [9.17, 15) is 13.2 Å². The van der Waals surface area contributed by atoms with E-state index in [1.54, 1.807) is 24.3 Å². The summed E-state index contributed by atoms with van der Waals surface area (Å²) in [6.07, 6.45) is 3.52. The lowest BCUT2D eigenvalue weighted by atomic mass is 10.1. The van der Waals surface area contributed by atoms with E-state index in [-0.39, 0.29) is 18.5 Å². The molecular formula is C20H22N2O3S. The highest BCUT2D eigenvalue weighted by atomic mass is 32.2. The first kappa shape index (κ1) is 18.2. The summed E-state index contributed by atoms with van der Waals surface area (Å²) in [5.74, 6) is -0.0800. The molecule has 0 fully saturated rings. The van der Waals surface area contributed by atoms with Gasteiger partial charge in [-0.1, -0.05) is 24.3 Å². The zero-order valence-electron chi connectivity index (χ0n) is 14.9. The maximum atomic E-state index is 13.0. The SMILES string of the molecule is C=CCN(c1ccc(C(=O)N2c3ccccc3C[C@@H]2C)cc1)S(C)(=O)=O. The van der Waals surface area contributed by atoms with Crippen molar-refractivity contribution in [2.75, 3.05) is 22.0 Å². The maximum absolute atomic E-state index is 13.0. The van der Waals surface area contributed by atoms with Crippen molar-refractivity contribution in [3.63, 3.8) is 0 Å². The van der Waals surface area contributed by atoms with Crippen LogP contribution in [0.1, 0.15) is 22.8 Å². The fourth-order valence-corrected chi connectivity index (χ4v) is 4.21. The smallest absolute Gasteiger partial charge is 0.258 e. The minimum Gasteiger partial charge on any atom is -0.305 e. The average Bonchev–Trinajstić information content (AvgIpc) is 2.94. The van der Waals surface area contributed by atoms with Gasteiger partial charge in [0, 0.05) is 17.3 Å². The van der Waals surface area contributed by atoms with Gasteiger partial charge in [0.2, 0.25) is 10.0 Å². The molecule has 0 saturated heterocycles.